The number of nitrogens with zero attached hydrogens (tertiary/aromatic N) is 3. The Kier molecular flexibility index (Phi) is 20.9. The van der Waals surface area contributed by atoms with E-state index in [1.165, 1.54) is 14.0 Å². The maximum absolute atomic E-state index is 14.6. The number of rotatable bonds is 15. The molecule has 3 aliphatic rings. The lowest BCUT2D eigenvalue weighted by Crippen LogP contribution is -2.60. The number of carbonyl (C=O) groups excluding carboxylic acids is 3. The van der Waals surface area contributed by atoms with Crippen LogP contribution >= 0.6 is 0 Å². The zero-order valence-electron chi connectivity index (χ0n) is 46.2. The Bertz CT molecular complexity index is 2120. The van der Waals surface area contributed by atoms with Crippen LogP contribution in [0.2, 0.25) is 0 Å². The van der Waals surface area contributed by atoms with Crippen LogP contribution in [0.1, 0.15) is 129 Å². The molecule has 5 rings (SSSR count). The number of hydrogen-bond acceptors (Lipinski definition) is 16. The van der Waals surface area contributed by atoms with Crippen LogP contribution in [0.3, 0.4) is 0 Å². The van der Waals surface area contributed by atoms with Crippen molar-refractivity contribution in [2.45, 2.75) is 205 Å². The van der Waals surface area contributed by atoms with Gasteiger partial charge in [-0.25, -0.2) is 0 Å². The number of aromatic nitrogens is 1. The summed E-state index contributed by atoms with van der Waals surface area (Å²) in [6.07, 6.45) is -8.75. The molecule has 3 fully saturated rings. The van der Waals surface area contributed by atoms with Gasteiger partial charge in [-0.15, -0.1) is 0 Å². The minimum absolute atomic E-state index is 0.0505. The smallest absolute Gasteiger partial charge is 0.311 e. The van der Waals surface area contributed by atoms with Crippen molar-refractivity contribution in [2.75, 3.05) is 40.8 Å². The zero-order chi connectivity index (χ0) is 54.5. The van der Waals surface area contributed by atoms with Crippen LogP contribution in [-0.4, -0.2) is 189 Å². The predicted octanol–water partition coefficient (Wildman–Crippen LogP) is 3.90. The highest BCUT2D eigenvalue weighted by Gasteiger charge is 2.53. The Labute approximate surface area is 434 Å². The van der Waals surface area contributed by atoms with E-state index in [0.717, 1.165) is 5.56 Å². The van der Waals surface area contributed by atoms with Gasteiger partial charge in [0.25, 0.3) is 0 Å². The molecule has 0 saturated carbocycles. The number of carbonyl (C=O) groups is 3. The highest BCUT2D eigenvalue weighted by molar-refractivity contribution is 6.08. The summed E-state index contributed by atoms with van der Waals surface area (Å²) in [5.41, 5.74) is -1.93. The number of benzene rings is 1. The number of cyclic esters (lactones) is 1. The first-order valence-electron chi connectivity index (χ1n) is 26.4. The third-order valence-electron chi connectivity index (χ3n) is 16.1. The van der Waals surface area contributed by atoms with Gasteiger partial charge in [0.05, 0.1) is 53.7 Å². The largest absolute Gasteiger partial charge is 0.459 e. The van der Waals surface area contributed by atoms with Gasteiger partial charge in [-0.3, -0.25) is 19.3 Å². The fourth-order valence-electron chi connectivity index (χ4n) is 11.4. The SMILES string of the molecule is CCC1OC(=O)[C@H](C)[C@@H](O[C@H]2C[C@@](C)(OC)[C@@H](O)[C@H](C)O2)[C@H](C)[C@@H](O[C@H]2O[C@@H](C)C[C@@H](N(C)C)[C@@H]2O)[C@](C)(O)C[C@@H](C)CN(CCCNC(=O)Cc2ccc(C(=O)c3ccc(C)cc3)n2C)[C@H](C)[C@@H](O)[C@]1(C)O. The number of likely N-dealkylation sites (N-methyl/N-ethyl adjacent to an activating group) is 1. The van der Waals surface area contributed by atoms with E-state index in [0.29, 0.717) is 42.9 Å². The molecule has 0 aliphatic carbocycles. The topological polar surface area (TPSA) is 231 Å². The summed E-state index contributed by atoms with van der Waals surface area (Å²) in [5.74, 6) is -3.32. The van der Waals surface area contributed by atoms with Crippen molar-refractivity contribution < 1.29 is 68.3 Å². The molecule has 3 aliphatic heterocycles. The number of aliphatic hydroxyl groups is 5. The molecule has 1 unspecified atom stereocenters. The molecule has 2 aromatic rings. The summed E-state index contributed by atoms with van der Waals surface area (Å²) < 4.78 is 39.9. The van der Waals surface area contributed by atoms with E-state index < -0.39 is 96.0 Å². The second-order valence-electron chi connectivity index (χ2n) is 22.6. The molecule has 4 heterocycles. The fourth-order valence-corrected chi connectivity index (χ4v) is 11.4. The van der Waals surface area contributed by atoms with Crippen LogP contribution in [-0.2, 0) is 51.5 Å². The molecule has 1 aromatic heterocycles. The van der Waals surface area contributed by atoms with Crippen LogP contribution in [0.15, 0.2) is 36.4 Å². The molecule has 3 saturated heterocycles. The average molecular weight is 1030 g/mol. The first-order valence-corrected chi connectivity index (χ1v) is 26.4. The molecule has 18 atom stereocenters. The molecule has 6 N–H and O–H groups in total. The van der Waals surface area contributed by atoms with Gasteiger partial charge in [0, 0.05) is 69.5 Å². The molecule has 0 spiro atoms. The Balaban J connectivity index is 1.44. The van der Waals surface area contributed by atoms with Gasteiger partial charge in [-0.1, -0.05) is 50.6 Å². The number of ketones is 1. The third kappa shape index (κ3) is 14.4. The standard InChI is InChI=1S/C55H90N4O14/c1-16-42-55(11,67)48(63)36(7)59(25-17-24-56-43(60)27-39-22-23-40(58(39)14)45(61)38-20-18-31(2)19-21-38)30-32(3)28-53(9,66)50(73-52-46(62)41(57(12)13)26-33(4)69-52)34(5)47(35(6)51(65)71-42)72-44-29-54(10,68-15)49(64)37(8)70-44/h18-23,32-37,41-42,44,46-50,52,62-64,66-67H,16-17,24-30H2,1-15H3,(H,56,60)/t32-,33+,34+,35-,36-,37+,41-,42?,44+,46+,47+,48-,49+,50-,52-,53-,54-,55-/m1/s1. The second kappa shape index (κ2) is 25.2. The average Bonchev–Trinajstić information content (AvgIpc) is 3.69. The highest BCUT2D eigenvalue weighted by Crippen LogP contribution is 2.40. The van der Waals surface area contributed by atoms with E-state index in [2.05, 4.69) is 5.32 Å². The van der Waals surface area contributed by atoms with Gasteiger partial charge in [0.1, 0.15) is 30.0 Å². The van der Waals surface area contributed by atoms with Crippen molar-refractivity contribution in [3.63, 3.8) is 0 Å². The van der Waals surface area contributed by atoms with E-state index in [9.17, 15) is 39.9 Å². The monoisotopic (exact) mass is 1030 g/mol. The maximum Gasteiger partial charge on any atom is 0.311 e. The van der Waals surface area contributed by atoms with Crippen molar-refractivity contribution in [2.24, 2.45) is 24.8 Å². The minimum atomic E-state index is -1.94. The Morgan fingerprint density at radius 3 is 2.19 bits per heavy atom. The van der Waals surface area contributed by atoms with Gasteiger partial charge in [-0.05, 0) is 113 Å². The minimum Gasteiger partial charge on any atom is -0.459 e. The molecule has 0 radical (unpaired) electrons. The molecular weight excluding hydrogens is 941 g/mol. The number of ether oxygens (including phenoxy) is 6. The normalized spacial score (nSPS) is 38.6. The molecule has 1 aromatic carbocycles. The van der Waals surface area contributed by atoms with E-state index in [1.807, 2.05) is 56.8 Å². The summed E-state index contributed by atoms with van der Waals surface area (Å²) in [7, 11) is 7.01. The van der Waals surface area contributed by atoms with E-state index in [1.54, 1.807) is 84.3 Å². The lowest BCUT2D eigenvalue weighted by molar-refractivity contribution is -0.318. The van der Waals surface area contributed by atoms with E-state index >= 15 is 0 Å². The quantitative estimate of drug-likeness (QED) is 0.0844. The van der Waals surface area contributed by atoms with Crippen molar-refractivity contribution >= 4 is 17.7 Å². The number of amides is 1. The van der Waals surface area contributed by atoms with Crippen LogP contribution < -0.4 is 5.32 Å². The lowest BCUT2D eigenvalue weighted by atomic mass is 9.77. The Morgan fingerprint density at radius 1 is 0.918 bits per heavy atom. The van der Waals surface area contributed by atoms with E-state index in [4.69, 9.17) is 28.4 Å². The van der Waals surface area contributed by atoms with Crippen molar-refractivity contribution in [1.29, 1.82) is 0 Å². The Hall–Kier alpha value is -3.37. The number of aryl methyl sites for hydroxylation is 1. The van der Waals surface area contributed by atoms with Crippen LogP contribution in [0, 0.1) is 24.7 Å². The second-order valence-corrected chi connectivity index (χ2v) is 22.6. The molecule has 18 nitrogen and oxygen atoms in total. The van der Waals surface area contributed by atoms with Crippen molar-refractivity contribution in [1.82, 2.24) is 19.7 Å². The third-order valence-corrected chi connectivity index (χ3v) is 16.1. The lowest BCUT2D eigenvalue weighted by Gasteiger charge is -2.48. The molecule has 1 amide bonds. The molecular formula is C55H90N4O14. The zero-order valence-corrected chi connectivity index (χ0v) is 46.2. The summed E-state index contributed by atoms with van der Waals surface area (Å²) in [6, 6.07) is 9.82. The van der Waals surface area contributed by atoms with Gasteiger partial charge >= 0.3 is 5.97 Å². The van der Waals surface area contributed by atoms with Crippen molar-refractivity contribution in [3.05, 3.63) is 58.9 Å². The van der Waals surface area contributed by atoms with Gasteiger partial charge < -0.3 is 68.7 Å². The molecule has 0 bridgehead atoms. The molecule has 18 heteroatoms. The van der Waals surface area contributed by atoms with Crippen molar-refractivity contribution in [3.8, 4) is 0 Å². The first kappa shape index (κ1) is 60.5. The number of nitrogens with one attached hydrogen (secondary N) is 1. The first-order chi connectivity index (χ1) is 34.1. The maximum atomic E-state index is 14.6. The van der Waals surface area contributed by atoms with Gasteiger partial charge in [-0.2, -0.15) is 0 Å². The molecule has 73 heavy (non-hydrogen) atoms. The fraction of sp³-hybridized carbons (Fsp3) is 0.764. The number of esters is 1. The van der Waals surface area contributed by atoms with Crippen LogP contribution in [0.25, 0.3) is 0 Å². The summed E-state index contributed by atoms with van der Waals surface area (Å²) in [5, 5.41) is 63.2. The number of methoxy groups -OCH3 is 1. The van der Waals surface area contributed by atoms with Crippen LogP contribution in [0.4, 0.5) is 0 Å². The van der Waals surface area contributed by atoms with E-state index in [-0.39, 0.29) is 62.0 Å². The number of hydrogen-bond donors (Lipinski definition) is 6. The molecule has 414 valence electrons. The number of aliphatic hydroxyl groups excluding tert-OH is 3. The summed E-state index contributed by atoms with van der Waals surface area (Å²) in [4.78, 5) is 45.2. The highest BCUT2D eigenvalue weighted by atomic mass is 16.7. The summed E-state index contributed by atoms with van der Waals surface area (Å²) >= 11 is 0. The Morgan fingerprint density at radius 2 is 1.58 bits per heavy atom. The van der Waals surface area contributed by atoms with Crippen LogP contribution in [0.5, 0.6) is 0 Å². The van der Waals surface area contributed by atoms with Gasteiger partial charge in [0.15, 0.2) is 12.6 Å². The van der Waals surface area contributed by atoms with Gasteiger partial charge in [0.2, 0.25) is 11.7 Å². The summed E-state index contributed by atoms with van der Waals surface area (Å²) in [6.45, 7) is 20.4. The predicted molar refractivity (Wildman–Crippen MR) is 274 cm³/mol.